The number of benzene rings is 1. The number of ether oxygens (including phenoxy) is 4. The average molecular weight is 957 g/mol. The summed E-state index contributed by atoms with van der Waals surface area (Å²) in [6.45, 7) is 23.1. The third-order valence-corrected chi connectivity index (χ3v) is 11.7. The van der Waals surface area contributed by atoms with Gasteiger partial charge in [0, 0.05) is 69.2 Å². The van der Waals surface area contributed by atoms with Crippen LogP contribution in [0.25, 0.3) is 10.9 Å². The van der Waals surface area contributed by atoms with E-state index >= 15 is 0 Å². The van der Waals surface area contributed by atoms with E-state index in [1.54, 1.807) is 47.7 Å². The third-order valence-electron chi connectivity index (χ3n) is 11.7. The number of aliphatic hydroxyl groups excluding tert-OH is 1. The van der Waals surface area contributed by atoms with Crippen molar-refractivity contribution in [2.24, 2.45) is 18.4 Å². The van der Waals surface area contributed by atoms with Crippen molar-refractivity contribution in [2.45, 2.75) is 163 Å². The number of amides is 5. The van der Waals surface area contributed by atoms with Gasteiger partial charge in [0.1, 0.15) is 29.8 Å². The van der Waals surface area contributed by atoms with Gasteiger partial charge in [-0.25, -0.2) is 9.59 Å². The minimum Gasteiger partial charge on any atom is -0.466 e. The molecule has 2 rings (SSSR count). The molecule has 6 atom stereocenters. The molecule has 0 bridgehead atoms. The lowest BCUT2D eigenvalue weighted by atomic mass is 9.76. The van der Waals surface area contributed by atoms with Crippen LogP contribution in [0.1, 0.15) is 121 Å². The molecule has 68 heavy (non-hydrogen) atoms. The van der Waals surface area contributed by atoms with Gasteiger partial charge in [-0.15, -0.1) is 0 Å². The monoisotopic (exact) mass is 957 g/mol. The molecule has 1 heterocycles. The maximum Gasteiger partial charge on any atom is 0.410 e. The van der Waals surface area contributed by atoms with Crippen LogP contribution in [0.2, 0.25) is 0 Å². The molecule has 0 aliphatic carbocycles. The topological polar surface area (TPSA) is 224 Å². The van der Waals surface area contributed by atoms with Crippen LogP contribution in [0.5, 0.6) is 0 Å². The second-order valence-corrected chi connectivity index (χ2v) is 20.2. The zero-order valence-electron chi connectivity index (χ0n) is 43.5. The number of aromatic nitrogens is 1. The summed E-state index contributed by atoms with van der Waals surface area (Å²) < 4.78 is 22.8. The lowest BCUT2D eigenvalue weighted by Crippen LogP contribution is -2.63. The summed E-state index contributed by atoms with van der Waals surface area (Å²) in [5.74, 6) is -4.10. The van der Waals surface area contributed by atoms with Crippen LogP contribution in [0.15, 0.2) is 42.1 Å². The van der Waals surface area contributed by atoms with E-state index in [-0.39, 0.29) is 50.4 Å². The summed E-state index contributed by atoms with van der Waals surface area (Å²) in [4.78, 5) is 99.0. The number of hydrogen-bond acceptors (Lipinski definition) is 12. The van der Waals surface area contributed by atoms with Gasteiger partial charge in [-0.05, 0) is 77.3 Å². The largest absolute Gasteiger partial charge is 0.466 e. The molecule has 18 heteroatoms. The summed E-state index contributed by atoms with van der Waals surface area (Å²) in [5.41, 5.74) is -0.864. The van der Waals surface area contributed by atoms with Crippen molar-refractivity contribution < 1.29 is 57.6 Å². The van der Waals surface area contributed by atoms with Crippen molar-refractivity contribution in [1.82, 2.24) is 30.3 Å². The summed E-state index contributed by atoms with van der Waals surface area (Å²) in [6, 6.07) is 2.25. The Morgan fingerprint density at radius 2 is 1.41 bits per heavy atom. The number of fused-ring (bicyclic) bond motifs is 1. The maximum atomic E-state index is 15.0. The molecule has 0 spiro atoms. The number of nitrogens with zero attached hydrogens (tertiary/aromatic N) is 3. The summed E-state index contributed by atoms with van der Waals surface area (Å²) in [7, 11) is 6.29. The zero-order chi connectivity index (χ0) is 52.1. The van der Waals surface area contributed by atoms with Crippen LogP contribution in [-0.4, -0.2) is 138 Å². The maximum absolute atomic E-state index is 15.0. The molecule has 4 N–H and O–H groups in total. The van der Waals surface area contributed by atoms with Gasteiger partial charge in [0.25, 0.3) is 0 Å². The van der Waals surface area contributed by atoms with Crippen LogP contribution < -0.4 is 16.0 Å². The van der Waals surface area contributed by atoms with Crippen LogP contribution in [0, 0.1) is 11.3 Å². The van der Waals surface area contributed by atoms with Crippen LogP contribution in [0.4, 0.5) is 4.79 Å². The van der Waals surface area contributed by atoms with Gasteiger partial charge in [0.05, 0.1) is 19.3 Å². The first-order valence-corrected chi connectivity index (χ1v) is 23.3. The SMILES string of the molecule is CCOC(=O)CC[C@@H](NC(=O)[C@@H](CCC(O)OC)NC(=O)/C(C)=C/[C@H](C(C)C)N(C)C(=O)[C@@H](NC(=O)[C@@H](N(C)C(=O)OC(C)(C)C)C(C)(C)c1cn(C)c2ccccc12)C(C)(C)C)C(=O)OCC. The molecular formula is C50H80N6O12. The Balaban J connectivity index is 2.55. The van der Waals surface area contributed by atoms with Crippen molar-refractivity contribution in [2.75, 3.05) is 34.4 Å². The molecule has 2 aromatic rings. The number of hydrogen-bond donors (Lipinski definition) is 4. The average Bonchev–Trinajstić information content (AvgIpc) is 3.59. The molecule has 5 amide bonds. The number of methoxy groups -OCH3 is 1. The van der Waals surface area contributed by atoms with Gasteiger partial charge in [-0.3, -0.25) is 28.9 Å². The third kappa shape index (κ3) is 16.3. The number of likely N-dealkylation sites (N-methyl/N-ethyl adjacent to an activating group) is 2. The van der Waals surface area contributed by atoms with Gasteiger partial charge in [0.2, 0.25) is 23.6 Å². The number of rotatable bonds is 23. The van der Waals surface area contributed by atoms with Gasteiger partial charge in [-0.1, -0.05) is 72.7 Å². The first kappa shape index (κ1) is 58.6. The van der Waals surface area contributed by atoms with Gasteiger partial charge in [-0.2, -0.15) is 0 Å². The quantitative estimate of drug-likeness (QED) is 0.0484. The number of aliphatic hydroxyl groups is 1. The highest BCUT2D eigenvalue weighted by molar-refractivity contribution is 5.98. The second-order valence-electron chi connectivity index (χ2n) is 20.2. The predicted molar refractivity (Wildman–Crippen MR) is 259 cm³/mol. The van der Waals surface area contributed by atoms with Crippen LogP contribution in [-0.2, 0) is 60.2 Å². The molecular weight excluding hydrogens is 877 g/mol. The van der Waals surface area contributed by atoms with E-state index in [2.05, 4.69) is 16.0 Å². The fraction of sp³-hybridized carbons (Fsp3) is 0.660. The van der Waals surface area contributed by atoms with Gasteiger partial charge >= 0.3 is 18.0 Å². The predicted octanol–water partition coefficient (Wildman–Crippen LogP) is 5.27. The molecule has 1 aromatic heterocycles. The zero-order valence-corrected chi connectivity index (χ0v) is 43.5. The number of nitrogens with one attached hydrogen (secondary N) is 3. The molecule has 1 aromatic carbocycles. The highest BCUT2D eigenvalue weighted by Gasteiger charge is 2.47. The van der Waals surface area contributed by atoms with Crippen molar-refractivity contribution in [3.05, 3.63) is 47.7 Å². The molecule has 0 aliphatic rings. The van der Waals surface area contributed by atoms with E-state index in [1.807, 2.05) is 90.5 Å². The van der Waals surface area contributed by atoms with E-state index in [0.717, 1.165) is 16.5 Å². The Morgan fingerprint density at radius 1 is 0.809 bits per heavy atom. The van der Waals surface area contributed by atoms with E-state index < -0.39 is 94.6 Å². The molecule has 1 unspecified atom stereocenters. The summed E-state index contributed by atoms with van der Waals surface area (Å²) in [5, 5.41) is 19.4. The number of aryl methyl sites for hydroxylation is 1. The van der Waals surface area contributed by atoms with Crippen molar-refractivity contribution in [3.8, 4) is 0 Å². The van der Waals surface area contributed by atoms with Gasteiger partial charge in [0.15, 0.2) is 6.29 Å². The lowest BCUT2D eigenvalue weighted by molar-refractivity contribution is -0.149. The second kappa shape index (κ2) is 25.2. The summed E-state index contributed by atoms with van der Waals surface area (Å²) >= 11 is 0. The smallest absolute Gasteiger partial charge is 0.410 e. The number of carbonyl (C=O) groups is 7. The fourth-order valence-corrected chi connectivity index (χ4v) is 7.96. The van der Waals surface area contributed by atoms with Crippen LogP contribution >= 0.6 is 0 Å². The molecule has 0 saturated carbocycles. The fourth-order valence-electron chi connectivity index (χ4n) is 7.96. The van der Waals surface area contributed by atoms with Gasteiger partial charge < -0.3 is 49.5 Å². The van der Waals surface area contributed by atoms with Crippen LogP contribution in [0.3, 0.4) is 0 Å². The minimum atomic E-state index is -1.28. The van der Waals surface area contributed by atoms with E-state index in [9.17, 15) is 38.7 Å². The van der Waals surface area contributed by atoms with Crippen molar-refractivity contribution in [3.63, 3.8) is 0 Å². The highest BCUT2D eigenvalue weighted by atomic mass is 16.6. The first-order chi connectivity index (χ1) is 31.4. The Kier molecular flexibility index (Phi) is 21.7. The van der Waals surface area contributed by atoms with E-state index in [1.165, 1.54) is 30.9 Å². The normalized spacial score (nSPS) is 15.0. The van der Waals surface area contributed by atoms with Crippen molar-refractivity contribution in [1.29, 1.82) is 0 Å². The molecule has 0 saturated heterocycles. The van der Waals surface area contributed by atoms with E-state index in [0.29, 0.717) is 0 Å². The number of para-hydroxylation sites is 1. The minimum absolute atomic E-state index is 0.0155. The Morgan fingerprint density at radius 3 is 1.96 bits per heavy atom. The first-order valence-electron chi connectivity index (χ1n) is 23.3. The molecule has 0 radical (unpaired) electrons. The molecule has 0 aliphatic heterocycles. The molecule has 0 fully saturated rings. The summed E-state index contributed by atoms with van der Waals surface area (Å²) in [6.07, 6.45) is 1.08. The Labute approximate surface area is 403 Å². The van der Waals surface area contributed by atoms with E-state index in [4.69, 9.17) is 18.9 Å². The highest BCUT2D eigenvalue weighted by Crippen LogP contribution is 2.37. The number of carbonyl (C=O) groups excluding carboxylic acids is 7. The Hall–Kier alpha value is -5.49. The lowest BCUT2D eigenvalue weighted by Gasteiger charge is -2.42. The molecule has 18 nitrogen and oxygen atoms in total. The Bertz CT molecular complexity index is 2100. The number of esters is 2. The standard InChI is InChI=1S/C50H80N6O12/c1-18-66-39(58)27-25-35(46(63)67-19-2)52-43(60)34(24-26-38(57)65-17)51-42(59)31(5)28-37(30(3)4)55(15)45(62)40(48(6,7)8)53-44(61)41(56(16)47(64)68-49(9,10)11)50(12,13)33-29-54(14)36-23-21-20-22-32(33)36/h20-23,28-30,34-35,37-38,40-41,57H,18-19,24-27H2,1-17H3,(H,51,59)(H,52,60)(H,53,61)/b31-28+/t34-,35-,37-,38?,40-,41-/m1/s1. The molecule has 382 valence electrons. The van der Waals surface area contributed by atoms with Crippen molar-refractivity contribution >= 4 is 52.6 Å².